The summed E-state index contributed by atoms with van der Waals surface area (Å²) in [6.45, 7) is 2.11. The standard InChI is InChI=1S/C22H21N/c1-23-15-20-13-12-19(17-8-4-2-5-9-17)14-21(20)22(16-23)18-10-6-3-7-11-18/h2-14,22H,15-16H2,1H3. The summed E-state index contributed by atoms with van der Waals surface area (Å²) in [6, 6.07) is 28.5. The van der Waals surface area contributed by atoms with Crippen LogP contribution in [-0.4, -0.2) is 18.5 Å². The van der Waals surface area contributed by atoms with Crippen molar-refractivity contribution >= 4 is 0 Å². The van der Waals surface area contributed by atoms with Gasteiger partial charge in [0.1, 0.15) is 0 Å². The molecule has 0 N–H and O–H groups in total. The van der Waals surface area contributed by atoms with Crippen LogP contribution < -0.4 is 0 Å². The van der Waals surface area contributed by atoms with Crippen LogP contribution in [0.1, 0.15) is 22.6 Å². The molecule has 0 fully saturated rings. The van der Waals surface area contributed by atoms with E-state index in [0.29, 0.717) is 5.92 Å². The molecule has 0 aliphatic carbocycles. The van der Waals surface area contributed by atoms with E-state index in [9.17, 15) is 0 Å². The van der Waals surface area contributed by atoms with Gasteiger partial charge >= 0.3 is 0 Å². The molecule has 0 spiro atoms. The Morgan fingerprint density at radius 2 is 1.48 bits per heavy atom. The van der Waals surface area contributed by atoms with Crippen LogP contribution in [0.2, 0.25) is 0 Å². The van der Waals surface area contributed by atoms with E-state index in [0.717, 1.165) is 13.1 Å². The van der Waals surface area contributed by atoms with Crippen molar-refractivity contribution in [2.45, 2.75) is 12.5 Å². The lowest BCUT2D eigenvalue weighted by atomic mass is 9.83. The highest BCUT2D eigenvalue weighted by atomic mass is 15.1. The van der Waals surface area contributed by atoms with Gasteiger partial charge in [-0.1, -0.05) is 78.9 Å². The predicted octanol–water partition coefficient (Wildman–Crippen LogP) is 4.93. The maximum absolute atomic E-state index is 2.42. The Labute approximate surface area is 138 Å². The summed E-state index contributed by atoms with van der Waals surface area (Å²) in [4.78, 5) is 2.42. The van der Waals surface area contributed by atoms with Gasteiger partial charge in [-0.15, -0.1) is 0 Å². The minimum atomic E-state index is 0.452. The molecule has 3 aromatic carbocycles. The average molecular weight is 299 g/mol. The van der Waals surface area contributed by atoms with Crippen LogP contribution in [0.15, 0.2) is 78.9 Å². The van der Waals surface area contributed by atoms with Gasteiger partial charge in [0, 0.05) is 19.0 Å². The van der Waals surface area contributed by atoms with Crippen molar-refractivity contribution < 1.29 is 0 Å². The van der Waals surface area contributed by atoms with Crippen LogP contribution in [0.5, 0.6) is 0 Å². The predicted molar refractivity (Wildman–Crippen MR) is 96.5 cm³/mol. The summed E-state index contributed by atoms with van der Waals surface area (Å²) in [6.07, 6.45) is 0. The highest BCUT2D eigenvalue weighted by molar-refractivity contribution is 5.65. The smallest absolute Gasteiger partial charge is 0.0234 e. The van der Waals surface area contributed by atoms with E-state index in [1.807, 2.05) is 0 Å². The molecule has 114 valence electrons. The van der Waals surface area contributed by atoms with Crippen molar-refractivity contribution in [3.63, 3.8) is 0 Å². The zero-order valence-electron chi connectivity index (χ0n) is 13.4. The number of hydrogen-bond donors (Lipinski definition) is 0. The van der Waals surface area contributed by atoms with Crippen molar-refractivity contribution in [3.05, 3.63) is 95.6 Å². The van der Waals surface area contributed by atoms with E-state index in [-0.39, 0.29) is 0 Å². The minimum Gasteiger partial charge on any atom is -0.301 e. The lowest BCUT2D eigenvalue weighted by Gasteiger charge is -2.33. The molecule has 1 atom stereocenters. The first-order chi connectivity index (χ1) is 11.3. The molecule has 0 bridgehead atoms. The lowest BCUT2D eigenvalue weighted by molar-refractivity contribution is 0.295. The fraction of sp³-hybridized carbons (Fsp3) is 0.182. The summed E-state index contributed by atoms with van der Waals surface area (Å²) in [5, 5.41) is 0. The Morgan fingerprint density at radius 3 is 2.22 bits per heavy atom. The second-order valence-electron chi connectivity index (χ2n) is 6.44. The second kappa shape index (κ2) is 6.02. The topological polar surface area (TPSA) is 3.24 Å². The highest BCUT2D eigenvalue weighted by Crippen LogP contribution is 2.35. The molecule has 23 heavy (non-hydrogen) atoms. The van der Waals surface area contributed by atoms with Gasteiger partial charge in [-0.05, 0) is 34.9 Å². The summed E-state index contributed by atoms with van der Waals surface area (Å²) >= 11 is 0. The molecule has 1 heteroatoms. The Morgan fingerprint density at radius 1 is 0.783 bits per heavy atom. The van der Waals surface area contributed by atoms with Crippen molar-refractivity contribution in [3.8, 4) is 11.1 Å². The molecule has 0 saturated heterocycles. The van der Waals surface area contributed by atoms with Gasteiger partial charge < -0.3 is 4.90 Å². The third-order valence-electron chi connectivity index (χ3n) is 4.76. The number of hydrogen-bond acceptors (Lipinski definition) is 1. The molecule has 0 amide bonds. The molecule has 1 unspecified atom stereocenters. The second-order valence-corrected chi connectivity index (χ2v) is 6.44. The SMILES string of the molecule is CN1Cc2ccc(-c3ccccc3)cc2C(c2ccccc2)C1. The minimum absolute atomic E-state index is 0.452. The zero-order chi connectivity index (χ0) is 15.6. The van der Waals surface area contributed by atoms with Crippen LogP contribution in [0.25, 0.3) is 11.1 Å². The molecule has 1 nitrogen and oxygen atoms in total. The highest BCUT2D eigenvalue weighted by Gasteiger charge is 2.24. The Balaban J connectivity index is 1.81. The quantitative estimate of drug-likeness (QED) is 0.648. The molecule has 3 aromatic rings. The first-order valence-electron chi connectivity index (χ1n) is 8.23. The maximum Gasteiger partial charge on any atom is 0.0234 e. The van der Waals surface area contributed by atoms with Gasteiger partial charge in [-0.2, -0.15) is 0 Å². The molecule has 1 aliphatic rings. The first kappa shape index (κ1) is 14.2. The van der Waals surface area contributed by atoms with Crippen LogP contribution in [0, 0.1) is 0 Å². The lowest BCUT2D eigenvalue weighted by Crippen LogP contribution is -2.30. The molecule has 0 radical (unpaired) electrons. The Hall–Kier alpha value is -2.38. The van der Waals surface area contributed by atoms with Crippen LogP contribution >= 0.6 is 0 Å². The summed E-state index contributed by atoms with van der Waals surface area (Å²) < 4.78 is 0. The van der Waals surface area contributed by atoms with Gasteiger partial charge in [0.05, 0.1) is 0 Å². The Kier molecular flexibility index (Phi) is 3.72. The molecule has 0 aromatic heterocycles. The fourth-order valence-electron chi connectivity index (χ4n) is 3.61. The number of nitrogens with zero attached hydrogens (tertiary/aromatic N) is 1. The van der Waals surface area contributed by atoms with E-state index in [1.165, 1.54) is 27.8 Å². The van der Waals surface area contributed by atoms with Crippen molar-refractivity contribution in [2.24, 2.45) is 0 Å². The van der Waals surface area contributed by atoms with Crippen molar-refractivity contribution in [1.29, 1.82) is 0 Å². The summed E-state index contributed by atoms with van der Waals surface area (Å²) in [7, 11) is 2.21. The maximum atomic E-state index is 2.42. The Bertz CT molecular complexity index is 793. The van der Waals surface area contributed by atoms with E-state index >= 15 is 0 Å². The van der Waals surface area contributed by atoms with E-state index < -0.39 is 0 Å². The van der Waals surface area contributed by atoms with E-state index in [1.54, 1.807) is 0 Å². The average Bonchev–Trinajstić information content (AvgIpc) is 2.62. The zero-order valence-corrected chi connectivity index (χ0v) is 13.4. The molecule has 4 rings (SSSR count). The monoisotopic (exact) mass is 299 g/mol. The van der Waals surface area contributed by atoms with Gasteiger partial charge in [0.25, 0.3) is 0 Å². The van der Waals surface area contributed by atoms with Crippen LogP contribution in [0.3, 0.4) is 0 Å². The normalized spacial score (nSPS) is 17.7. The molecular formula is C22H21N. The van der Waals surface area contributed by atoms with Crippen LogP contribution in [0.4, 0.5) is 0 Å². The third-order valence-corrected chi connectivity index (χ3v) is 4.76. The fourth-order valence-corrected chi connectivity index (χ4v) is 3.61. The number of fused-ring (bicyclic) bond motifs is 1. The largest absolute Gasteiger partial charge is 0.301 e. The van der Waals surface area contributed by atoms with Gasteiger partial charge in [-0.25, -0.2) is 0 Å². The third kappa shape index (κ3) is 2.80. The van der Waals surface area contributed by atoms with Crippen LogP contribution in [-0.2, 0) is 6.54 Å². The first-order valence-corrected chi connectivity index (χ1v) is 8.23. The summed E-state index contributed by atoms with van der Waals surface area (Å²) in [5.41, 5.74) is 6.95. The summed E-state index contributed by atoms with van der Waals surface area (Å²) in [5.74, 6) is 0.452. The van der Waals surface area contributed by atoms with Gasteiger partial charge in [0.2, 0.25) is 0 Å². The molecular weight excluding hydrogens is 278 g/mol. The molecule has 1 aliphatic heterocycles. The number of likely N-dealkylation sites (N-methyl/N-ethyl adjacent to an activating group) is 1. The van der Waals surface area contributed by atoms with Crippen molar-refractivity contribution in [2.75, 3.05) is 13.6 Å². The van der Waals surface area contributed by atoms with E-state index in [4.69, 9.17) is 0 Å². The van der Waals surface area contributed by atoms with Crippen molar-refractivity contribution in [1.82, 2.24) is 4.90 Å². The van der Waals surface area contributed by atoms with Gasteiger partial charge in [-0.3, -0.25) is 0 Å². The number of rotatable bonds is 2. The molecule has 0 saturated carbocycles. The van der Waals surface area contributed by atoms with Gasteiger partial charge in [0.15, 0.2) is 0 Å². The number of benzene rings is 3. The molecule has 1 heterocycles. The van der Waals surface area contributed by atoms with E-state index in [2.05, 4.69) is 90.8 Å².